The number of aliphatic carboxylic acids is 1. The lowest BCUT2D eigenvalue weighted by Gasteiger charge is -2.38. The Morgan fingerprint density at radius 2 is 1.67 bits per heavy atom. The number of benzene rings is 2. The second-order valence-electron chi connectivity index (χ2n) is 6.69. The van der Waals surface area contributed by atoms with E-state index < -0.39 is 29.7 Å². The standard InChI is InChI=1S/C20H19BrF3NO2/c21-15-7-5-13(6-8-15)18(25-11-9-14(10-12-25)19(26)27)16-3-1-2-4-17(16)20(22,23)24/h1-8,14,18H,9-12H2,(H,26,27). The van der Waals surface area contributed by atoms with Crippen molar-refractivity contribution in [2.24, 2.45) is 5.92 Å². The summed E-state index contributed by atoms with van der Waals surface area (Å²) in [5, 5.41) is 9.21. The monoisotopic (exact) mass is 441 g/mol. The molecule has 0 radical (unpaired) electrons. The summed E-state index contributed by atoms with van der Waals surface area (Å²) in [6.45, 7) is 0.869. The molecule has 0 spiro atoms. The summed E-state index contributed by atoms with van der Waals surface area (Å²) in [6.07, 6.45) is -3.60. The molecule has 0 saturated carbocycles. The summed E-state index contributed by atoms with van der Waals surface area (Å²) < 4.78 is 41.7. The molecule has 1 saturated heterocycles. The van der Waals surface area contributed by atoms with Crippen molar-refractivity contribution in [1.82, 2.24) is 4.90 Å². The van der Waals surface area contributed by atoms with Crippen molar-refractivity contribution in [2.75, 3.05) is 13.1 Å². The molecule has 27 heavy (non-hydrogen) atoms. The molecule has 7 heteroatoms. The lowest BCUT2D eigenvalue weighted by atomic mass is 9.89. The molecule has 3 nitrogen and oxygen atoms in total. The molecule has 1 aliphatic heterocycles. The van der Waals surface area contributed by atoms with E-state index >= 15 is 0 Å². The molecule has 2 aromatic rings. The molecular weight excluding hydrogens is 423 g/mol. The number of alkyl halides is 3. The van der Waals surface area contributed by atoms with Crippen LogP contribution in [0, 0.1) is 5.92 Å². The van der Waals surface area contributed by atoms with E-state index in [1.165, 1.54) is 12.1 Å². The number of nitrogens with zero attached hydrogens (tertiary/aromatic N) is 1. The van der Waals surface area contributed by atoms with Crippen LogP contribution in [0.5, 0.6) is 0 Å². The molecular formula is C20H19BrF3NO2. The third kappa shape index (κ3) is 4.52. The number of likely N-dealkylation sites (tertiary alicyclic amines) is 1. The van der Waals surface area contributed by atoms with E-state index in [4.69, 9.17) is 0 Å². The zero-order valence-electron chi connectivity index (χ0n) is 14.4. The Labute approximate surface area is 163 Å². The summed E-state index contributed by atoms with van der Waals surface area (Å²) in [4.78, 5) is 13.2. The smallest absolute Gasteiger partial charge is 0.416 e. The van der Waals surface area contributed by atoms with E-state index in [2.05, 4.69) is 15.9 Å². The molecule has 1 unspecified atom stereocenters. The highest BCUT2D eigenvalue weighted by molar-refractivity contribution is 9.10. The lowest BCUT2D eigenvalue weighted by Crippen LogP contribution is -2.39. The quantitative estimate of drug-likeness (QED) is 0.694. The predicted molar refractivity (Wildman–Crippen MR) is 99.4 cm³/mol. The minimum absolute atomic E-state index is 0.195. The first kappa shape index (κ1) is 19.9. The Kier molecular flexibility index (Phi) is 5.91. The fraction of sp³-hybridized carbons (Fsp3) is 0.350. The molecule has 144 valence electrons. The molecule has 0 bridgehead atoms. The van der Waals surface area contributed by atoms with Crippen LogP contribution < -0.4 is 0 Å². The van der Waals surface area contributed by atoms with Gasteiger partial charge in [0.1, 0.15) is 0 Å². The number of hydrogen-bond acceptors (Lipinski definition) is 2. The largest absolute Gasteiger partial charge is 0.481 e. The van der Waals surface area contributed by atoms with Crippen molar-refractivity contribution in [3.05, 3.63) is 69.7 Å². The van der Waals surface area contributed by atoms with Crippen molar-refractivity contribution in [1.29, 1.82) is 0 Å². The maximum absolute atomic E-state index is 13.6. The minimum Gasteiger partial charge on any atom is -0.481 e. The van der Waals surface area contributed by atoms with E-state index in [0.29, 0.717) is 25.9 Å². The maximum atomic E-state index is 13.6. The summed E-state index contributed by atoms with van der Waals surface area (Å²) >= 11 is 3.36. The number of hydrogen-bond donors (Lipinski definition) is 1. The van der Waals surface area contributed by atoms with Gasteiger partial charge in [0.25, 0.3) is 0 Å². The summed E-state index contributed by atoms with van der Waals surface area (Å²) in [5.74, 6) is -1.28. The van der Waals surface area contributed by atoms with Crippen molar-refractivity contribution in [3.8, 4) is 0 Å². The van der Waals surface area contributed by atoms with E-state index in [0.717, 1.165) is 16.1 Å². The molecule has 1 aliphatic rings. The van der Waals surface area contributed by atoms with Gasteiger partial charge in [-0.25, -0.2) is 0 Å². The van der Waals surface area contributed by atoms with Crippen LogP contribution in [0.4, 0.5) is 13.2 Å². The van der Waals surface area contributed by atoms with Crippen LogP contribution in [0.2, 0.25) is 0 Å². The fourth-order valence-electron chi connectivity index (χ4n) is 3.63. The average molecular weight is 442 g/mol. The Morgan fingerprint density at radius 1 is 1.07 bits per heavy atom. The van der Waals surface area contributed by atoms with Crippen LogP contribution in [-0.2, 0) is 11.0 Å². The summed E-state index contributed by atoms with van der Waals surface area (Å²) in [6, 6.07) is 12.3. The van der Waals surface area contributed by atoms with Gasteiger partial charge in [-0.3, -0.25) is 9.69 Å². The second-order valence-corrected chi connectivity index (χ2v) is 7.60. The highest BCUT2D eigenvalue weighted by atomic mass is 79.9. The van der Waals surface area contributed by atoms with Gasteiger partial charge in [-0.15, -0.1) is 0 Å². The van der Waals surface area contributed by atoms with E-state index in [1.807, 2.05) is 29.2 Å². The van der Waals surface area contributed by atoms with Gasteiger partial charge in [0.05, 0.1) is 17.5 Å². The van der Waals surface area contributed by atoms with Crippen LogP contribution in [0.25, 0.3) is 0 Å². The van der Waals surface area contributed by atoms with Gasteiger partial charge >= 0.3 is 12.1 Å². The topological polar surface area (TPSA) is 40.5 Å². The molecule has 1 fully saturated rings. The molecule has 0 amide bonds. The Balaban J connectivity index is 2.02. The summed E-state index contributed by atoms with van der Waals surface area (Å²) in [7, 11) is 0. The molecule has 1 N–H and O–H groups in total. The Morgan fingerprint density at radius 3 is 2.22 bits per heavy atom. The van der Waals surface area contributed by atoms with Crippen LogP contribution in [0.15, 0.2) is 53.0 Å². The van der Waals surface area contributed by atoms with Gasteiger partial charge in [0, 0.05) is 4.47 Å². The number of carboxylic acid groups (broad SMARTS) is 1. The molecule has 1 atom stereocenters. The normalized spacial score (nSPS) is 17.6. The molecule has 1 heterocycles. The van der Waals surface area contributed by atoms with Gasteiger partial charge in [-0.05, 0) is 55.3 Å². The minimum atomic E-state index is -4.45. The van der Waals surface area contributed by atoms with Gasteiger partial charge in [-0.1, -0.05) is 46.3 Å². The fourth-order valence-corrected chi connectivity index (χ4v) is 3.89. The van der Waals surface area contributed by atoms with Crippen LogP contribution in [-0.4, -0.2) is 29.1 Å². The van der Waals surface area contributed by atoms with Crippen molar-refractivity contribution < 1.29 is 23.1 Å². The predicted octanol–water partition coefficient (Wildman–Crippen LogP) is 5.35. The molecule has 3 rings (SSSR count). The summed E-state index contributed by atoms with van der Waals surface area (Å²) in [5.41, 5.74) is 0.294. The highest BCUT2D eigenvalue weighted by Crippen LogP contribution is 2.40. The van der Waals surface area contributed by atoms with Crippen LogP contribution in [0.3, 0.4) is 0 Å². The Bertz CT molecular complexity index is 800. The third-order valence-electron chi connectivity index (χ3n) is 4.99. The molecule has 0 aliphatic carbocycles. The van der Waals surface area contributed by atoms with E-state index in [9.17, 15) is 23.1 Å². The van der Waals surface area contributed by atoms with Gasteiger partial charge in [-0.2, -0.15) is 13.2 Å². The van der Waals surface area contributed by atoms with E-state index in [1.54, 1.807) is 6.07 Å². The lowest BCUT2D eigenvalue weighted by molar-refractivity contribution is -0.143. The first-order chi connectivity index (χ1) is 12.8. The third-order valence-corrected chi connectivity index (χ3v) is 5.52. The molecule has 2 aromatic carbocycles. The Hall–Kier alpha value is -1.86. The number of piperidine rings is 1. The van der Waals surface area contributed by atoms with Gasteiger partial charge < -0.3 is 5.11 Å². The van der Waals surface area contributed by atoms with E-state index in [-0.39, 0.29) is 5.56 Å². The second kappa shape index (κ2) is 8.02. The molecule has 0 aromatic heterocycles. The SMILES string of the molecule is O=C(O)C1CCN(C(c2ccc(Br)cc2)c2ccccc2C(F)(F)F)CC1. The van der Waals surface area contributed by atoms with Crippen molar-refractivity contribution in [2.45, 2.75) is 25.1 Å². The number of carboxylic acids is 1. The first-order valence-corrected chi connectivity index (χ1v) is 9.45. The van der Waals surface area contributed by atoms with Crippen LogP contribution >= 0.6 is 15.9 Å². The van der Waals surface area contributed by atoms with Gasteiger partial charge in [0.2, 0.25) is 0 Å². The number of carbonyl (C=O) groups is 1. The van der Waals surface area contributed by atoms with Crippen LogP contribution in [0.1, 0.15) is 35.6 Å². The number of rotatable bonds is 4. The number of halogens is 4. The zero-order valence-corrected chi connectivity index (χ0v) is 16.0. The highest BCUT2D eigenvalue weighted by Gasteiger charge is 2.38. The van der Waals surface area contributed by atoms with Crippen molar-refractivity contribution in [3.63, 3.8) is 0 Å². The average Bonchev–Trinajstić information content (AvgIpc) is 2.63. The van der Waals surface area contributed by atoms with Crippen molar-refractivity contribution >= 4 is 21.9 Å². The zero-order chi connectivity index (χ0) is 19.6. The first-order valence-electron chi connectivity index (χ1n) is 8.66. The maximum Gasteiger partial charge on any atom is 0.416 e. The van der Waals surface area contributed by atoms with Gasteiger partial charge in [0.15, 0.2) is 0 Å².